The van der Waals surface area contributed by atoms with Crippen LogP contribution in [0.4, 0.5) is 0 Å². The summed E-state index contributed by atoms with van der Waals surface area (Å²) in [5, 5.41) is 1.28. The minimum absolute atomic E-state index is 0.220. The van der Waals surface area contributed by atoms with Crippen LogP contribution in [-0.2, 0) is 0 Å². The molecule has 2 nitrogen and oxygen atoms in total. The summed E-state index contributed by atoms with van der Waals surface area (Å²) in [5.74, 6) is 0.220. The summed E-state index contributed by atoms with van der Waals surface area (Å²) in [7, 11) is 0. The van der Waals surface area contributed by atoms with Gasteiger partial charge in [0.15, 0.2) is 0 Å². The van der Waals surface area contributed by atoms with Gasteiger partial charge < -0.3 is 4.90 Å². The van der Waals surface area contributed by atoms with Crippen molar-refractivity contribution in [1.29, 1.82) is 0 Å². The van der Waals surface area contributed by atoms with Gasteiger partial charge in [0.25, 0.3) is 5.91 Å². The van der Waals surface area contributed by atoms with Crippen LogP contribution >= 0.6 is 22.7 Å². The lowest BCUT2D eigenvalue weighted by Crippen LogP contribution is -2.47. The van der Waals surface area contributed by atoms with E-state index in [9.17, 15) is 4.79 Å². The van der Waals surface area contributed by atoms with Gasteiger partial charge in [-0.15, -0.1) is 22.7 Å². The largest absolute Gasteiger partial charge is 0.333 e. The van der Waals surface area contributed by atoms with Crippen LogP contribution in [0.1, 0.15) is 42.8 Å². The Hall–Kier alpha value is -1.39. The Kier molecular flexibility index (Phi) is 3.46. The molecule has 114 valence electrons. The summed E-state index contributed by atoms with van der Waals surface area (Å²) in [6.45, 7) is 4.36. The van der Waals surface area contributed by atoms with Crippen molar-refractivity contribution in [3.8, 4) is 0 Å². The molecule has 1 amide bonds. The minimum atomic E-state index is 0.220. The SMILES string of the molecule is CC1CCCC(C)N1C(=O)c1cc2sc3ccccc3c2s1. The number of carbonyl (C=O) groups excluding carboxylic acids is 1. The van der Waals surface area contributed by atoms with Gasteiger partial charge in [-0.1, -0.05) is 18.2 Å². The van der Waals surface area contributed by atoms with Gasteiger partial charge in [-0.05, 0) is 45.2 Å². The average Bonchev–Trinajstić information content (AvgIpc) is 3.04. The predicted octanol–water partition coefficient (Wildman–Crippen LogP) is 5.52. The maximum atomic E-state index is 13.0. The normalized spacial score (nSPS) is 22.5. The first-order valence-corrected chi connectivity index (χ1v) is 9.52. The lowest BCUT2D eigenvalue weighted by atomic mass is 9.97. The number of hydrogen-bond acceptors (Lipinski definition) is 3. The van der Waals surface area contributed by atoms with E-state index in [1.165, 1.54) is 25.9 Å². The van der Waals surface area contributed by atoms with Crippen LogP contribution < -0.4 is 0 Å². The first kappa shape index (κ1) is 14.2. The van der Waals surface area contributed by atoms with Gasteiger partial charge in [-0.3, -0.25) is 4.79 Å². The van der Waals surface area contributed by atoms with Gasteiger partial charge in [-0.2, -0.15) is 0 Å². The number of fused-ring (bicyclic) bond motifs is 3. The molecule has 4 heteroatoms. The lowest BCUT2D eigenvalue weighted by Gasteiger charge is -2.38. The summed E-state index contributed by atoms with van der Waals surface area (Å²) in [4.78, 5) is 16.0. The van der Waals surface area contributed by atoms with Gasteiger partial charge in [-0.25, -0.2) is 0 Å². The molecule has 1 fully saturated rings. The van der Waals surface area contributed by atoms with Crippen LogP contribution in [0.15, 0.2) is 30.3 Å². The quantitative estimate of drug-likeness (QED) is 0.575. The fourth-order valence-electron chi connectivity index (χ4n) is 3.55. The van der Waals surface area contributed by atoms with Crippen LogP contribution in [0.3, 0.4) is 0 Å². The van der Waals surface area contributed by atoms with E-state index >= 15 is 0 Å². The molecule has 2 atom stereocenters. The van der Waals surface area contributed by atoms with Gasteiger partial charge >= 0.3 is 0 Å². The molecule has 1 saturated heterocycles. The molecular weight excluding hydrogens is 310 g/mol. The van der Waals surface area contributed by atoms with Gasteiger partial charge in [0.2, 0.25) is 0 Å². The van der Waals surface area contributed by atoms with Crippen molar-refractivity contribution < 1.29 is 4.79 Å². The molecule has 0 spiro atoms. The van der Waals surface area contributed by atoms with Crippen LogP contribution in [0.2, 0.25) is 0 Å². The zero-order valence-corrected chi connectivity index (χ0v) is 14.5. The Morgan fingerprint density at radius 3 is 2.59 bits per heavy atom. The van der Waals surface area contributed by atoms with Gasteiger partial charge in [0.05, 0.1) is 9.58 Å². The number of rotatable bonds is 1. The van der Waals surface area contributed by atoms with E-state index in [1.807, 2.05) is 0 Å². The molecule has 2 unspecified atom stereocenters. The Morgan fingerprint density at radius 1 is 1.09 bits per heavy atom. The van der Waals surface area contributed by atoms with Crippen molar-refractivity contribution in [3.05, 3.63) is 35.2 Å². The molecule has 0 saturated carbocycles. The second kappa shape index (κ2) is 5.36. The second-order valence-electron chi connectivity index (χ2n) is 6.24. The predicted molar refractivity (Wildman–Crippen MR) is 96.2 cm³/mol. The Bertz CT molecular complexity index is 837. The summed E-state index contributed by atoms with van der Waals surface area (Å²) in [6.07, 6.45) is 3.48. The zero-order chi connectivity index (χ0) is 15.3. The van der Waals surface area contributed by atoms with Gasteiger partial charge in [0.1, 0.15) is 0 Å². The smallest absolute Gasteiger partial charge is 0.264 e. The van der Waals surface area contributed by atoms with Crippen molar-refractivity contribution in [3.63, 3.8) is 0 Å². The highest BCUT2D eigenvalue weighted by molar-refractivity contribution is 7.33. The highest BCUT2D eigenvalue weighted by atomic mass is 32.1. The number of piperidine rings is 1. The Balaban J connectivity index is 1.75. The molecule has 1 aromatic carbocycles. The van der Waals surface area contributed by atoms with E-state index in [2.05, 4.69) is 49.1 Å². The van der Waals surface area contributed by atoms with E-state index in [0.29, 0.717) is 12.1 Å². The van der Waals surface area contributed by atoms with Crippen molar-refractivity contribution in [1.82, 2.24) is 4.90 Å². The number of nitrogens with zero attached hydrogens (tertiary/aromatic N) is 1. The number of thiophene rings is 2. The van der Waals surface area contributed by atoms with Crippen molar-refractivity contribution >= 4 is 48.1 Å². The minimum Gasteiger partial charge on any atom is -0.333 e. The van der Waals surface area contributed by atoms with Crippen LogP contribution in [-0.4, -0.2) is 22.9 Å². The fourth-order valence-corrected chi connectivity index (χ4v) is 6.02. The van der Waals surface area contributed by atoms with Crippen LogP contribution in [0, 0.1) is 0 Å². The topological polar surface area (TPSA) is 20.3 Å². The lowest BCUT2D eigenvalue weighted by molar-refractivity contribution is 0.0516. The van der Waals surface area contributed by atoms with Crippen molar-refractivity contribution in [2.24, 2.45) is 0 Å². The first-order valence-electron chi connectivity index (χ1n) is 7.89. The number of carbonyl (C=O) groups is 1. The highest BCUT2D eigenvalue weighted by Crippen LogP contribution is 2.40. The molecule has 0 N–H and O–H groups in total. The van der Waals surface area contributed by atoms with Crippen molar-refractivity contribution in [2.45, 2.75) is 45.2 Å². The monoisotopic (exact) mass is 329 g/mol. The maximum absolute atomic E-state index is 13.0. The molecular formula is C18H19NOS2. The molecule has 1 aliphatic heterocycles. The van der Waals surface area contributed by atoms with E-state index in [1.54, 1.807) is 22.7 Å². The third-order valence-corrected chi connectivity index (χ3v) is 7.09. The fraction of sp³-hybridized carbons (Fsp3) is 0.389. The third kappa shape index (κ3) is 2.17. The standard InChI is InChI=1S/C18H19NOS2/c1-11-6-5-7-12(2)19(11)18(20)16-10-15-17(22-16)13-8-3-4-9-14(13)21-15/h3-4,8-12H,5-7H2,1-2H3. The zero-order valence-electron chi connectivity index (χ0n) is 12.8. The van der Waals surface area contributed by atoms with E-state index < -0.39 is 0 Å². The van der Waals surface area contributed by atoms with E-state index in [-0.39, 0.29) is 5.91 Å². The van der Waals surface area contributed by atoms with Crippen molar-refractivity contribution in [2.75, 3.05) is 0 Å². The summed E-state index contributed by atoms with van der Waals surface area (Å²) < 4.78 is 3.82. The molecule has 1 aliphatic rings. The number of amides is 1. The number of benzene rings is 1. The maximum Gasteiger partial charge on any atom is 0.264 e. The second-order valence-corrected chi connectivity index (χ2v) is 8.38. The molecule has 0 radical (unpaired) electrons. The van der Waals surface area contributed by atoms with E-state index in [0.717, 1.165) is 17.7 Å². The number of likely N-dealkylation sites (tertiary alicyclic amines) is 1. The van der Waals surface area contributed by atoms with Crippen LogP contribution in [0.5, 0.6) is 0 Å². The molecule has 22 heavy (non-hydrogen) atoms. The Labute approximate surface area is 138 Å². The summed E-state index contributed by atoms with van der Waals surface area (Å²) >= 11 is 3.45. The number of hydrogen-bond donors (Lipinski definition) is 0. The Morgan fingerprint density at radius 2 is 1.82 bits per heavy atom. The molecule has 0 aliphatic carbocycles. The van der Waals surface area contributed by atoms with Gasteiger partial charge in [0, 0.05) is 26.9 Å². The molecule has 0 bridgehead atoms. The molecule has 2 aromatic heterocycles. The summed E-state index contributed by atoms with van der Waals surface area (Å²) in [6, 6.07) is 11.3. The summed E-state index contributed by atoms with van der Waals surface area (Å²) in [5.41, 5.74) is 0. The highest BCUT2D eigenvalue weighted by Gasteiger charge is 2.30. The first-order chi connectivity index (χ1) is 10.6. The van der Waals surface area contributed by atoms with Crippen LogP contribution in [0.25, 0.3) is 19.5 Å². The molecule has 3 heterocycles. The third-order valence-electron chi connectivity index (χ3n) is 4.69. The molecule has 4 rings (SSSR count). The average molecular weight is 329 g/mol. The van der Waals surface area contributed by atoms with E-state index in [4.69, 9.17) is 0 Å². The molecule has 3 aromatic rings.